The minimum absolute atomic E-state index is 0.0236. The van der Waals surface area contributed by atoms with Crippen LogP contribution in [-0.4, -0.2) is 11.9 Å². The number of benzene rings is 1. The first-order valence-corrected chi connectivity index (χ1v) is 6.19. The molecule has 1 N–H and O–H groups in total. The smallest absolute Gasteiger partial charge is 0.254 e. The van der Waals surface area contributed by atoms with E-state index in [9.17, 15) is 9.18 Å². The second-order valence-electron chi connectivity index (χ2n) is 4.31. The molecule has 4 heteroatoms. The molecule has 0 saturated heterocycles. The molecule has 1 aromatic carbocycles. The molecule has 0 bridgehead atoms. The lowest BCUT2D eigenvalue weighted by atomic mass is 10.0. The predicted molar refractivity (Wildman–Crippen MR) is 70.0 cm³/mol. The molecular formula is C13H18FNOS. The van der Waals surface area contributed by atoms with Crippen LogP contribution in [0.25, 0.3) is 0 Å². The SMILES string of the molecule is CCC(C)C(C)NC(=O)c1cc(S)ccc1F. The van der Waals surface area contributed by atoms with Crippen molar-refractivity contribution in [3.05, 3.63) is 29.6 Å². The summed E-state index contributed by atoms with van der Waals surface area (Å²) in [5.74, 6) is -0.538. The zero-order valence-electron chi connectivity index (χ0n) is 10.3. The van der Waals surface area contributed by atoms with Gasteiger partial charge in [0.1, 0.15) is 5.82 Å². The number of hydrogen-bond acceptors (Lipinski definition) is 2. The third-order valence-corrected chi connectivity index (χ3v) is 3.33. The Morgan fingerprint density at radius 3 is 2.71 bits per heavy atom. The van der Waals surface area contributed by atoms with Crippen molar-refractivity contribution in [3.63, 3.8) is 0 Å². The number of halogens is 1. The molecule has 0 aliphatic carbocycles. The fourth-order valence-corrected chi connectivity index (χ4v) is 1.67. The maximum absolute atomic E-state index is 13.5. The third kappa shape index (κ3) is 3.73. The lowest BCUT2D eigenvalue weighted by molar-refractivity contribution is 0.0924. The van der Waals surface area contributed by atoms with E-state index in [4.69, 9.17) is 0 Å². The Morgan fingerprint density at radius 1 is 1.47 bits per heavy atom. The van der Waals surface area contributed by atoms with Gasteiger partial charge in [0.2, 0.25) is 0 Å². The molecular weight excluding hydrogens is 237 g/mol. The summed E-state index contributed by atoms with van der Waals surface area (Å²) in [7, 11) is 0. The molecule has 0 heterocycles. The summed E-state index contributed by atoms with van der Waals surface area (Å²) in [4.78, 5) is 12.4. The molecule has 2 unspecified atom stereocenters. The minimum Gasteiger partial charge on any atom is -0.349 e. The molecule has 0 spiro atoms. The maximum Gasteiger partial charge on any atom is 0.254 e. The van der Waals surface area contributed by atoms with Crippen molar-refractivity contribution in [1.29, 1.82) is 0 Å². The topological polar surface area (TPSA) is 29.1 Å². The van der Waals surface area contributed by atoms with Crippen molar-refractivity contribution in [1.82, 2.24) is 5.32 Å². The van der Waals surface area contributed by atoms with E-state index < -0.39 is 5.82 Å². The Bertz CT molecular complexity index is 408. The highest BCUT2D eigenvalue weighted by Crippen LogP contribution is 2.14. The summed E-state index contributed by atoms with van der Waals surface area (Å²) in [5, 5.41) is 2.80. The van der Waals surface area contributed by atoms with E-state index in [1.54, 1.807) is 0 Å². The zero-order valence-corrected chi connectivity index (χ0v) is 11.2. The van der Waals surface area contributed by atoms with Crippen LogP contribution in [0.15, 0.2) is 23.1 Å². The van der Waals surface area contributed by atoms with Gasteiger partial charge in [0.05, 0.1) is 5.56 Å². The lowest BCUT2D eigenvalue weighted by Crippen LogP contribution is -2.37. The monoisotopic (exact) mass is 255 g/mol. The molecule has 1 amide bonds. The van der Waals surface area contributed by atoms with Gasteiger partial charge in [-0.15, -0.1) is 12.6 Å². The Balaban J connectivity index is 2.79. The molecule has 0 aliphatic rings. The van der Waals surface area contributed by atoms with Crippen LogP contribution >= 0.6 is 12.6 Å². The van der Waals surface area contributed by atoms with Gasteiger partial charge in [0, 0.05) is 10.9 Å². The second-order valence-corrected chi connectivity index (χ2v) is 4.83. The first kappa shape index (κ1) is 14.0. The standard InChI is InChI=1S/C13H18FNOS/c1-4-8(2)9(3)15-13(16)11-7-10(17)5-6-12(11)14/h5-9,17H,4H2,1-3H3,(H,15,16). The van der Waals surface area contributed by atoms with E-state index in [0.717, 1.165) is 6.42 Å². The second kappa shape index (κ2) is 6.05. The van der Waals surface area contributed by atoms with Gasteiger partial charge in [-0.2, -0.15) is 0 Å². The van der Waals surface area contributed by atoms with E-state index in [0.29, 0.717) is 10.8 Å². The molecule has 1 aromatic rings. The summed E-state index contributed by atoms with van der Waals surface area (Å²) >= 11 is 4.10. The van der Waals surface area contributed by atoms with Crippen LogP contribution in [0.5, 0.6) is 0 Å². The van der Waals surface area contributed by atoms with E-state index in [1.807, 2.05) is 6.92 Å². The van der Waals surface area contributed by atoms with Gasteiger partial charge >= 0.3 is 0 Å². The largest absolute Gasteiger partial charge is 0.349 e. The van der Waals surface area contributed by atoms with E-state index in [2.05, 4.69) is 31.8 Å². The summed E-state index contributed by atoms with van der Waals surface area (Å²) in [6.45, 7) is 6.03. The number of carbonyl (C=O) groups excluding carboxylic acids is 1. The van der Waals surface area contributed by atoms with Crippen LogP contribution in [0.1, 0.15) is 37.6 Å². The lowest BCUT2D eigenvalue weighted by Gasteiger charge is -2.20. The molecule has 1 rings (SSSR count). The van der Waals surface area contributed by atoms with Crippen molar-refractivity contribution >= 4 is 18.5 Å². The van der Waals surface area contributed by atoms with Gasteiger partial charge in [-0.25, -0.2) is 4.39 Å². The Morgan fingerprint density at radius 2 is 2.12 bits per heavy atom. The van der Waals surface area contributed by atoms with E-state index in [-0.39, 0.29) is 17.5 Å². The highest BCUT2D eigenvalue weighted by atomic mass is 32.1. The summed E-state index contributed by atoms with van der Waals surface area (Å²) in [5.41, 5.74) is 0.0488. The summed E-state index contributed by atoms with van der Waals surface area (Å²) in [6, 6.07) is 4.24. The van der Waals surface area contributed by atoms with Crippen molar-refractivity contribution < 1.29 is 9.18 Å². The minimum atomic E-state index is -0.517. The van der Waals surface area contributed by atoms with Crippen LogP contribution in [0.4, 0.5) is 4.39 Å². The van der Waals surface area contributed by atoms with Crippen LogP contribution in [0, 0.1) is 11.7 Å². The average Bonchev–Trinajstić information content (AvgIpc) is 2.30. The number of amides is 1. The number of rotatable bonds is 4. The Hall–Kier alpha value is -1.03. The molecule has 0 saturated carbocycles. The quantitative estimate of drug-likeness (QED) is 0.794. The molecule has 2 nitrogen and oxygen atoms in total. The van der Waals surface area contributed by atoms with Crippen molar-refractivity contribution in [2.24, 2.45) is 5.92 Å². The van der Waals surface area contributed by atoms with Gasteiger partial charge in [0.15, 0.2) is 0 Å². The highest BCUT2D eigenvalue weighted by Gasteiger charge is 2.17. The van der Waals surface area contributed by atoms with Gasteiger partial charge < -0.3 is 5.32 Å². The van der Waals surface area contributed by atoms with Crippen LogP contribution in [0.2, 0.25) is 0 Å². The number of thiol groups is 1. The molecule has 0 aliphatic heterocycles. The number of nitrogens with one attached hydrogen (secondary N) is 1. The Kier molecular flexibility index (Phi) is 5.00. The Labute approximate surface area is 107 Å². The van der Waals surface area contributed by atoms with Crippen LogP contribution in [-0.2, 0) is 0 Å². The molecule has 0 radical (unpaired) electrons. The van der Waals surface area contributed by atoms with Crippen LogP contribution in [0.3, 0.4) is 0 Å². The van der Waals surface area contributed by atoms with Gasteiger partial charge in [-0.3, -0.25) is 4.79 Å². The van der Waals surface area contributed by atoms with Crippen molar-refractivity contribution in [2.45, 2.75) is 38.1 Å². The summed E-state index contributed by atoms with van der Waals surface area (Å²) in [6.07, 6.45) is 0.969. The molecule has 2 atom stereocenters. The van der Waals surface area contributed by atoms with Gasteiger partial charge in [-0.1, -0.05) is 20.3 Å². The molecule has 0 fully saturated rings. The third-order valence-electron chi connectivity index (χ3n) is 3.05. The molecule has 17 heavy (non-hydrogen) atoms. The molecule has 94 valence electrons. The van der Waals surface area contributed by atoms with Crippen LogP contribution < -0.4 is 5.32 Å². The van der Waals surface area contributed by atoms with E-state index in [1.165, 1.54) is 18.2 Å². The zero-order chi connectivity index (χ0) is 13.0. The fraction of sp³-hybridized carbons (Fsp3) is 0.462. The van der Waals surface area contributed by atoms with Gasteiger partial charge in [0.25, 0.3) is 5.91 Å². The normalized spacial score (nSPS) is 14.2. The number of hydrogen-bond donors (Lipinski definition) is 2. The van der Waals surface area contributed by atoms with Crippen molar-refractivity contribution in [3.8, 4) is 0 Å². The maximum atomic E-state index is 13.5. The first-order chi connectivity index (χ1) is 7.95. The number of carbonyl (C=O) groups is 1. The highest BCUT2D eigenvalue weighted by molar-refractivity contribution is 7.80. The van der Waals surface area contributed by atoms with Gasteiger partial charge in [-0.05, 0) is 31.0 Å². The fourth-order valence-electron chi connectivity index (χ4n) is 1.47. The van der Waals surface area contributed by atoms with E-state index >= 15 is 0 Å². The first-order valence-electron chi connectivity index (χ1n) is 5.75. The molecule has 0 aromatic heterocycles. The summed E-state index contributed by atoms with van der Waals surface area (Å²) < 4.78 is 13.5. The van der Waals surface area contributed by atoms with Crippen molar-refractivity contribution in [2.75, 3.05) is 0 Å². The predicted octanol–water partition coefficient (Wildman–Crippen LogP) is 3.28. The average molecular weight is 255 g/mol.